The fourth-order valence-electron chi connectivity index (χ4n) is 3.76. The molecule has 3 heteroatoms. The van der Waals surface area contributed by atoms with E-state index in [9.17, 15) is 4.79 Å². The van der Waals surface area contributed by atoms with Gasteiger partial charge in [-0.2, -0.15) is 0 Å². The van der Waals surface area contributed by atoms with E-state index in [0.717, 1.165) is 11.8 Å². The molecule has 0 radical (unpaired) electrons. The van der Waals surface area contributed by atoms with Gasteiger partial charge in [-0.15, -0.1) is 5.73 Å². The van der Waals surface area contributed by atoms with Crippen molar-refractivity contribution in [1.82, 2.24) is 0 Å². The highest BCUT2D eigenvalue weighted by Gasteiger charge is 2.50. The van der Waals surface area contributed by atoms with E-state index in [2.05, 4.69) is 18.8 Å². The van der Waals surface area contributed by atoms with Crippen molar-refractivity contribution in [3.05, 3.63) is 17.4 Å². The molecule has 100 valence electrons. The maximum atomic E-state index is 12.0. The van der Waals surface area contributed by atoms with Crippen LogP contribution in [0.3, 0.4) is 0 Å². The third-order valence-corrected chi connectivity index (χ3v) is 7.86. The summed E-state index contributed by atoms with van der Waals surface area (Å²) >= 11 is 0. The predicted molar refractivity (Wildman–Crippen MR) is 75.7 cm³/mol. The normalized spacial score (nSPS) is 29.9. The second kappa shape index (κ2) is 5.06. The minimum atomic E-state index is -1.90. The predicted octanol–water partition coefficient (Wildman–Crippen LogP) is 4.05. The molecule has 0 saturated heterocycles. The summed E-state index contributed by atoms with van der Waals surface area (Å²) in [7, 11) is -1.90. The number of carbonyl (C=O) groups excluding carboxylic acids is 1. The minimum Gasteiger partial charge on any atom is -0.516 e. The van der Waals surface area contributed by atoms with Gasteiger partial charge in [0.1, 0.15) is 0 Å². The molecule has 0 aromatic carbocycles. The Morgan fingerprint density at radius 3 is 2.56 bits per heavy atom. The zero-order chi connectivity index (χ0) is 13.3. The third kappa shape index (κ3) is 2.62. The Labute approximate surface area is 111 Å². The fourth-order valence-corrected chi connectivity index (χ4v) is 6.88. The van der Waals surface area contributed by atoms with Crippen LogP contribution in [0.15, 0.2) is 17.4 Å². The van der Waals surface area contributed by atoms with Crippen molar-refractivity contribution in [3.63, 3.8) is 0 Å². The largest absolute Gasteiger partial charge is 0.516 e. The molecule has 2 nitrogen and oxygen atoms in total. The lowest BCUT2D eigenvalue weighted by molar-refractivity contribution is -0.131. The van der Waals surface area contributed by atoms with Crippen molar-refractivity contribution >= 4 is 14.3 Å². The van der Waals surface area contributed by atoms with Crippen LogP contribution in [0.4, 0.5) is 0 Å². The Balaban J connectivity index is 2.03. The van der Waals surface area contributed by atoms with Gasteiger partial charge < -0.3 is 4.43 Å². The van der Waals surface area contributed by atoms with Crippen molar-refractivity contribution in [1.29, 1.82) is 0 Å². The summed E-state index contributed by atoms with van der Waals surface area (Å²) in [6, 6.07) is 0. The lowest BCUT2D eigenvalue weighted by atomic mass is 10.0. The molecule has 0 amide bonds. The van der Waals surface area contributed by atoms with Crippen molar-refractivity contribution in [3.8, 4) is 0 Å². The molecular formula is C15H24O2Si. The van der Waals surface area contributed by atoms with E-state index in [1.807, 2.05) is 6.92 Å². The van der Waals surface area contributed by atoms with Crippen molar-refractivity contribution in [2.24, 2.45) is 11.8 Å². The maximum Gasteiger partial charge on any atom is 0.328 e. The molecule has 0 spiro atoms. The minimum absolute atomic E-state index is 0.160. The van der Waals surface area contributed by atoms with E-state index in [1.54, 1.807) is 13.0 Å². The summed E-state index contributed by atoms with van der Waals surface area (Å²) in [6.07, 6.45) is 7.19. The van der Waals surface area contributed by atoms with Crippen molar-refractivity contribution in [2.75, 3.05) is 0 Å². The number of hydrogen-bond acceptors (Lipinski definition) is 2. The Morgan fingerprint density at radius 2 is 2.06 bits per heavy atom. The number of fused-ring (bicyclic) bond motifs is 2. The van der Waals surface area contributed by atoms with Crippen LogP contribution >= 0.6 is 0 Å². The van der Waals surface area contributed by atoms with Gasteiger partial charge in [-0.1, -0.05) is 12.8 Å². The molecule has 0 aromatic rings. The van der Waals surface area contributed by atoms with Crippen LogP contribution in [0, 0.1) is 11.8 Å². The molecule has 3 unspecified atom stereocenters. The second-order valence-electron chi connectivity index (χ2n) is 6.33. The SMILES string of the molecule is CC=C=C(C)C(=O)O[Si](C)(C)C1CC2CCC1C2. The van der Waals surface area contributed by atoms with Gasteiger partial charge >= 0.3 is 5.97 Å². The van der Waals surface area contributed by atoms with Crippen LogP contribution in [0.5, 0.6) is 0 Å². The van der Waals surface area contributed by atoms with E-state index >= 15 is 0 Å². The van der Waals surface area contributed by atoms with E-state index in [-0.39, 0.29) is 5.97 Å². The van der Waals surface area contributed by atoms with Crippen LogP contribution in [0.1, 0.15) is 39.5 Å². The fraction of sp³-hybridized carbons (Fsp3) is 0.733. The summed E-state index contributed by atoms with van der Waals surface area (Å²) < 4.78 is 5.87. The lowest BCUT2D eigenvalue weighted by Gasteiger charge is -2.34. The highest BCUT2D eigenvalue weighted by molar-refractivity contribution is 6.74. The zero-order valence-electron chi connectivity index (χ0n) is 12.0. The zero-order valence-corrected chi connectivity index (χ0v) is 13.0. The first kappa shape index (κ1) is 13.6. The average molecular weight is 264 g/mol. The molecule has 18 heavy (non-hydrogen) atoms. The molecule has 3 atom stereocenters. The first-order chi connectivity index (χ1) is 8.44. The summed E-state index contributed by atoms with van der Waals surface area (Å²) in [6.45, 7) is 8.07. The van der Waals surface area contributed by atoms with Gasteiger partial charge in [0, 0.05) is 0 Å². The molecule has 0 N–H and O–H groups in total. The molecule has 2 bridgehead atoms. The van der Waals surface area contributed by atoms with E-state index in [1.165, 1.54) is 25.7 Å². The third-order valence-electron chi connectivity index (χ3n) is 4.65. The highest BCUT2D eigenvalue weighted by atomic mass is 28.4. The maximum absolute atomic E-state index is 12.0. The van der Waals surface area contributed by atoms with Crippen LogP contribution in [0.2, 0.25) is 18.6 Å². The molecular weight excluding hydrogens is 240 g/mol. The number of carbonyl (C=O) groups is 1. The molecule has 0 aromatic heterocycles. The van der Waals surface area contributed by atoms with Gasteiger partial charge in [0.2, 0.25) is 0 Å². The summed E-state index contributed by atoms with van der Waals surface area (Å²) in [5.74, 6) is 1.58. The summed E-state index contributed by atoms with van der Waals surface area (Å²) in [5.41, 5.74) is 4.21. The Hall–Kier alpha value is -0.793. The van der Waals surface area contributed by atoms with E-state index in [4.69, 9.17) is 4.43 Å². The molecule has 2 saturated carbocycles. The van der Waals surface area contributed by atoms with Crippen molar-refractivity contribution in [2.45, 2.75) is 58.2 Å². The van der Waals surface area contributed by atoms with Gasteiger partial charge in [0.05, 0.1) is 5.57 Å². The topological polar surface area (TPSA) is 26.3 Å². The Morgan fingerprint density at radius 1 is 1.33 bits per heavy atom. The van der Waals surface area contributed by atoms with Gasteiger partial charge in [0.25, 0.3) is 8.32 Å². The number of hydrogen-bond donors (Lipinski definition) is 0. The van der Waals surface area contributed by atoms with Crippen molar-refractivity contribution < 1.29 is 9.22 Å². The standard InChI is InChI=1S/C15H24O2Si/c1-5-6-11(2)15(16)17-18(3,4)14-10-12-7-8-13(14)9-12/h5,12-14H,7-10H2,1-4H3. The first-order valence-electron chi connectivity index (χ1n) is 7.05. The Bertz CT molecular complexity index is 405. The van der Waals surface area contributed by atoms with E-state index in [0.29, 0.717) is 11.1 Å². The summed E-state index contributed by atoms with van der Waals surface area (Å²) in [5, 5.41) is 0. The average Bonchev–Trinajstić information content (AvgIpc) is 2.90. The van der Waals surface area contributed by atoms with Crippen LogP contribution < -0.4 is 0 Å². The molecule has 2 fully saturated rings. The Kier molecular flexibility index (Phi) is 3.84. The van der Waals surface area contributed by atoms with Gasteiger partial charge in [-0.3, -0.25) is 0 Å². The molecule has 0 heterocycles. The summed E-state index contributed by atoms with van der Waals surface area (Å²) in [4.78, 5) is 12.0. The molecule has 0 aliphatic heterocycles. The smallest absolute Gasteiger partial charge is 0.328 e. The highest BCUT2D eigenvalue weighted by Crippen LogP contribution is 2.55. The first-order valence-corrected chi connectivity index (χ1v) is 10.0. The molecule has 2 aliphatic rings. The number of rotatable bonds is 3. The molecule has 2 aliphatic carbocycles. The van der Waals surface area contributed by atoms with Crippen LogP contribution in [0.25, 0.3) is 0 Å². The lowest BCUT2D eigenvalue weighted by Crippen LogP contribution is -2.41. The van der Waals surface area contributed by atoms with E-state index < -0.39 is 8.32 Å². The monoisotopic (exact) mass is 264 g/mol. The quantitative estimate of drug-likeness (QED) is 0.437. The second-order valence-corrected chi connectivity index (χ2v) is 10.5. The van der Waals surface area contributed by atoms with Crippen LogP contribution in [-0.4, -0.2) is 14.3 Å². The molecule has 2 rings (SSSR count). The van der Waals surface area contributed by atoms with Gasteiger partial charge in [-0.25, -0.2) is 4.79 Å². The van der Waals surface area contributed by atoms with Gasteiger partial charge in [-0.05, 0) is 63.2 Å². The van der Waals surface area contributed by atoms with Crippen LogP contribution in [-0.2, 0) is 9.22 Å². The van der Waals surface area contributed by atoms with Gasteiger partial charge in [0.15, 0.2) is 0 Å².